The van der Waals surface area contributed by atoms with Crippen LogP contribution in [0.15, 0.2) is 30.3 Å². The zero-order valence-corrected chi connectivity index (χ0v) is 16.9. The number of ether oxygens (including phenoxy) is 1. The molecule has 1 heterocycles. The van der Waals surface area contributed by atoms with E-state index in [2.05, 4.69) is 12.2 Å². The molecule has 0 aliphatic heterocycles. The Morgan fingerprint density at radius 3 is 2.89 bits per heavy atom. The number of benzene rings is 1. The topological polar surface area (TPSA) is 58.6 Å². The molecule has 0 unspecified atom stereocenters. The number of anilines is 1. The van der Waals surface area contributed by atoms with Crippen molar-refractivity contribution < 1.29 is 14.3 Å². The average molecular weight is 387 g/mol. The molecule has 5 nitrogen and oxygen atoms in total. The highest BCUT2D eigenvalue weighted by Crippen LogP contribution is 2.33. The number of thiophene rings is 1. The lowest BCUT2D eigenvalue weighted by molar-refractivity contribution is -0.116. The quantitative estimate of drug-likeness (QED) is 0.817. The van der Waals surface area contributed by atoms with Gasteiger partial charge in [0, 0.05) is 23.7 Å². The number of aryl methyl sites for hydroxylation is 1. The van der Waals surface area contributed by atoms with Gasteiger partial charge in [0.25, 0.3) is 5.91 Å². The summed E-state index contributed by atoms with van der Waals surface area (Å²) in [6.45, 7) is 2.24. The van der Waals surface area contributed by atoms with E-state index in [0.29, 0.717) is 11.4 Å². The second-order valence-electron chi connectivity index (χ2n) is 7.02. The van der Waals surface area contributed by atoms with Crippen LogP contribution in [0.25, 0.3) is 0 Å². The van der Waals surface area contributed by atoms with Gasteiger partial charge in [-0.2, -0.15) is 0 Å². The van der Waals surface area contributed by atoms with E-state index in [4.69, 9.17) is 4.74 Å². The Balaban J connectivity index is 1.60. The van der Waals surface area contributed by atoms with Crippen LogP contribution in [0, 0.1) is 5.92 Å². The maximum atomic E-state index is 12.7. The lowest BCUT2D eigenvalue weighted by atomic mass is 9.87. The highest BCUT2D eigenvalue weighted by Gasteiger charge is 2.24. The van der Waals surface area contributed by atoms with Gasteiger partial charge in [-0.3, -0.25) is 9.59 Å². The van der Waals surface area contributed by atoms with E-state index in [1.807, 2.05) is 18.2 Å². The van der Waals surface area contributed by atoms with Crippen molar-refractivity contribution >= 4 is 28.8 Å². The molecule has 2 amide bonds. The van der Waals surface area contributed by atoms with Crippen LogP contribution in [-0.4, -0.2) is 37.4 Å². The van der Waals surface area contributed by atoms with Crippen molar-refractivity contribution in [2.24, 2.45) is 5.92 Å². The highest BCUT2D eigenvalue weighted by molar-refractivity contribution is 7.14. The van der Waals surface area contributed by atoms with Gasteiger partial charge in [-0.05, 0) is 48.9 Å². The summed E-state index contributed by atoms with van der Waals surface area (Å²) < 4.78 is 5.15. The Hall–Kier alpha value is -2.34. The van der Waals surface area contributed by atoms with Crippen molar-refractivity contribution in [3.05, 3.63) is 45.6 Å². The van der Waals surface area contributed by atoms with E-state index < -0.39 is 0 Å². The molecule has 1 atom stereocenters. The number of methoxy groups -OCH3 is 1. The number of hydrogen-bond donors (Lipinski definition) is 1. The Morgan fingerprint density at radius 1 is 1.33 bits per heavy atom. The van der Waals surface area contributed by atoms with Gasteiger partial charge in [-0.25, -0.2) is 0 Å². The molecule has 1 N–H and O–H groups in total. The zero-order valence-electron chi connectivity index (χ0n) is 16.1. The van der Waals surface area contributed by atoms with Gasteiger partial charge in [0.15, 0.2) is 0 Å². The number of hydrogen-bond acceptors (Lipinski definition) is 4. The Morgan fingerprint density at radius 2 is 2.15 bits per heavy atom. The van der Waals surface area contributed by atoms with Crippen LogP contribution in [0.5, 0.6) is 5.75 Å². The van der Waals surface area contributed by atoms with Gasteiger partial charge in [-0.1, -0.05) is 19.4 Å². The van der Waals surface area contributed by atoms with Crippen molar-refractivity contribution in [3.8, 4) is 5.75 Å². The maximum absolute atomic E-state index is 12.7. The minimum Gasteiger partial charge on any atom is -0.497 e. The lowest BCUT2D eigenvalue weighted by Crippen LogP contribution is -2.34. The molecule has 0 saturated carbocycles. The van der Waals surface area contributed by atoms with Crippen molar-refractivity contribution in [3.63, 3.8) is 0 Å². The van der Waals surface area contributed by atoms with E-state index in [-0.39, 0.29) is 18.4 Å². The highest BCUT2D eigenvalue weighted by atomic mass is 32.1. The largest absolute Gasteiger partial charge is 0.497 e. The first kappa shape index (κ1) is 19.4. The van der Waals surface area contributed by atoms with Gasteiger partial charge in [0.05, 0.1) is 18.5 Å². The predicted molar refractivity (Wildman–Crippen MR) is 109 cm³/mol. The van der Waals surface area contributed by atoms with Crippen LogP contribution in [0.2, 0.25) is 0 Å². The minimum absolute atomic E-state index is 0.0101. The summed E-state index contributed by atoms with van der Waals surface area (Å²) >= 11 is 1.58. The first-order valence-corrected chi connectivity index (χ1v) is 10.1. The van der Waals surface area contributed by atoms with Crippen molar-refractivity contribution in [1.82, 2.24) is 4.90 Å². The summed E-state index contributed by atoms with van der Waals surface area (Å²) in [6.07, 6.45) is 4.51. The predicted octanol–water partition coefficient (Wildman–Crippen LogP) is 3.98. The number of amides is 2. The molecule has 0 fully saturated rings. The smallest absolute Gasteiger partial charge is 0.264 e. The standard InChI is InChI=1S/C21H26N2O3S/c1-4-14-8-9-18-15(10-14)11-19(27-18)21(25)23(2)13-20(24)22-16-6-5-7-17(12-16)26-3/h5-7,11-12,14H,4,8-10,13H2,1-3H3,(H,22,24)/t14-/m1/s1. The Bertz CT molecular complexity index is 831. The summed E-state index contributed by atoms with van der Waals surface area (Å²) in [4.78, 5) is 28.6. The van der Waals surface area contributed by atoms with Gasteiger partial charge < -0.3 is 15.0 Å². The molecule has 6 heteroatoms. The molecule has 27 heavy (non-hydrogen) atoms. The molecule has 0 radical (unpaired) electrons. The molecule has 3 rings (SSSR count). The maximum Gasteiger partial charge on any atom is 0.264 e. The summed E-state index contributed by atoms with van der Waals surface area (Å²) in [6, 6.07) is 9.19. The van der Waals surface area contributed by atoms with Crippen LogP contribution >= 0.6 is 11.3 Å². The third kappa shape index (κ3) is 4.69. The minimum atomic E-state index is -0.230. The number of likely N-dealkylation sites (N-methyl/N-ethyl adjacent to an activating group) is 1. The molecule has 1 aliphatic rings. The van der Waals surface area contributed by atoms with Crippen molar-refractivity contribution in [2.75, 3.05) is 26.0 Å². The average Bonchev–Trinajstić information content (AvgIpc) is 3.10. The molecular formula is C21H26N2O3S. The lowest BCUT2D eigenvalue weighted by Gasteiger charge is -2.19. The van der Waals surface area contributed by atoms with Gasteiger partial charge >= 0.3 is 0 Å². The van der Waals surface area contributed by atoms with Gasteiger partial charge in [-0.15, -0.1) is 11.3 Å². The Kier molecular flexibility index (Phi) is 6.16. The SMILES string of the molecule is CC[C@@H]1CCc2sc(C(=O)N(C)CC(=O)Nc3cccc(OC)c3)cc2C1. The molecule has 0 saturated heterocycles. The first-order valence-electron chi connectivity index (χ1n) is 9.31. The summed E-state index contributed by atoms with van der Waals surface area (Å²) in [5.41, 5.74) is 1.97. The molecule has 1 aromatic heterocycles. The fraction of sp³-hybridized carbons (Fsp3) is 0.429. The van der Waals surface area contributed by atoms with E-state index in [0.717, 1.165) is 23.6 Å². The number of rotatable bonds is 6. The van der Waals surface area contributed by atoms with Crippen LogP contribution in [0.3, 0.4) is 0 Å². The van der Waals surface area contributed by atoms with Crippen LogP contribution < -0.4 is 10.1 Å². The Labute approximate surface area is 164 Å². The van der Waals surface area contributed by atoms with E-state index in [1.54, 1.807) is 37.6 Å². The zero-order chi connectivity index (χ0) is 19.4. The number of nitrogens with one attached hydrogen (secondary N) is 1. The number of nitrogens with zero attached hydrogens (tertiary/aromatic N) is 1. The number of fused-ring (bicyclic) bond motifs is 1. The fourth-order valence-corrected chi connectivity index (χ4v) is 4.63. The molecular weight excluding hydrogens is 360 g/mol. The molecule has 144 valence electrons. The van der Waals surface area contributed by atoms with Crippen molar-refractivity contribution in [2.45, 2.75) is 32.6 Å². The van der Waals surface area contributed by atoms with E-state index in [1.165, 1.54) is 28.2 Å². The normalized spacial score (nSPS) is 15.7. The molecule has 1 aliphatic carbocycles. The third-order valence-electron chi connectivity index (χ3n) is 5.05. The second-order valence-corrected chi connectivity index (χ2v) is 8.15. The van der Waals surface area contributed by atoms with Gasteiger partial charge in [0.1, 0.15) is 5.75 Å². The van der Waals surface area contributed by atoms with E-state index >= 15 is 0 Å². The van der Waals surface area contributed by atoms with Crippen LogP contribution in [0.1, 0.15) is 39.9 Å². The van der Waals surface area contributed by atoms with Gasteiger partial charge in [0.2, 0.25) is 5.91 Å². The fourth-order valence-electron chi connectivity index (χ4n) is 3.43. The third-order valence-corrected chi connectivity index (χ3v) is 6.28. The molecule has 2 aromatic rings. The molecule has 1 aromatic carbocycles. The first-order chi connectivity index (χ1) is 13.0. The van der Waals surface area contributed by atoms with Crippen molar-refractivity contribution in [1.29, 1.82) is 0 Å². The summed E-state index contributed by atoms with van der Waals surface area (Å²) in [5.74, 6) is 1.07. The summed E-state index contributed by atoms with van der Waals surface area (Å²) in [7, 11) is 3.25. The number of carbonyl (C=O) groups excluding carboxylic acids is 2. The van der Waals surface area contributed by atoms with Crippen LogP contribution in [-0.2, 0) is 17.6 Å². The second kappa shape index (κ2) is 8.57. The van der Waals surface area contributed by atoms with Crippen LogP contribution in [0.4, 0.5) is 5.69 Å². The summed E-state index contributed by atoms with van der Waals surface area (Å²) in [5, 5.41) is 2.81. The molecule has 0 spiro atoms. The molecule has 0 bridgehead atoms. The number of carbonyl (C=O) groups is 2. The van der Waals surface area contributed by atoms with E-state index in [9.17, 15) is 9.59 Å². The monoisotopic (exact) mass is 386 g/mol.